The Labute approximate surface area is 391 Å². The third-order valence-corrected chi connectivity index (χ3v) is 10.2. The van der Waals surface area contributed by atoms with Crippen LogP contribution in [0, 0.1) is 0 Å². The summed E-state index contributed by atoms with van der Waals surface area (Å²) in [5.41, 5.74) is 1.94. The second-order valence-electron chi connectivity index (χ2n) is 16.5. The fourth-order valence-electron chi connectivity index (χ4n) is 6.54. The van der Waals surface area contributed by atoms with Crippen LogP contribution in [0.25, 0.3) is 11.3 Å². The SMILES string of the molecule is CCN(CC)c1ccc(NC(=O)c2cccc(C(=O)N(C)CCN(C)CCOCCOCCOCCNC(=O)OC(C)(C)C)c2)c(-c2cc(C(=O)NCc3cccc(C(F)(F)F)c3)ccn2)c1. The maximum absolute atomic E-state index is 13.8. The monoisotopic (exact) mass is 935 g/mol. The number of carbonyl (C=O) groups is 4. The van der Waals surface area contributed by atoms with Gasteiger partial charge < -0.3 is 49.6 Å². The van der Waals surface area contributed by atoms with Crippen LogP contribution in [-0.4, -0.2) is 137 Å². The summed E-state index contributed by atoms with van der Waals surface area (Å²) in [6, 6.07) is 19.8. The molecule has 0 unspecified atom stereocenters. The lowest BCUT2D eigenvalue weighted by molar-refractivity contribution is -0.137. The fraction of sp³-hybridized carbons (Fsp3) is 0.449. The van der Waals surface area contributed by atoms with Crippen molar-refractivity contribution in [2.24, 2.45) is 0 Å². The van der Waals surface area contributed by atoms with Crippen LogP contribution in [0.15, 0.2) is 85.1 Å². The van der Waals surface area contributed by atoms with Gasteiger partial charge in [-0.15, -0.1) is 0 Å². The quantitative estimate of drug-likeness (QED) is 0.0569. The Morgan fingerprint density at radius 2 is 1.34 bits per heavy atom. The molecule has 0 aliphatic heterocycles. The summed E-state index contributed by atoms with van der Waals surface area (Å²) in [6.07, 6.45) is -3.54. The summed E-state index contributed by atoms with van der Waals surface area (Å²) in [5.74, 6) is -1.23. The predicted molar refractivity (Wildman–Crippen MR) is 251 cm³/mol. The van der Waals surface area contributed by atoms with E-state index in [1.165, 1.54) is 24.4 Å². The number of ether oxygens (including phenoxy) is 4. The number of hydrogen-bond donors (Lipinski definition) is 3. The number of nitrogens with zero attached hydrogens (tertiary/aromatic N) is 4. The second kappa shape index (κ2) is 26.3. The third-order valence-electron chi connectivity index (χ3n) is 10.2. The van der Waals surface area contributed by atoms with Crippen LogP contribution >= 0.6 is 0 Å². The van der Waals surface area contributed by atoms with Crippen molar-refractivity contribution in [2.75, 3.05) is 103 Å². The van der Waals surface area contributed by atoms with E-state index in [1.54, 1.807) is 69.1 Å². The zero-order valence-electron chi connectivity index (χ0n) is 39.5. The first-order valence-corrected chi connectivity index (χ1v) is 22.2. The number of aromatic nitrogens is 1. The summed E-state index contributed by atoms with van der Waals surface area (Å²) in [6.45, 7) is 15.2. The molecule has 1 aromatic heterocycles. The van der Waals surface area contributed by atoms with E-state index in [2.05, 4.69) is 30.7 Å². The Bertz CT molecular complexity index is 2230. The van der Waals surface area contributed by atoms with Crippen molar-refractivity contribution in [3.05, 3.63) is 113 Å². The van der Waals surface area contributed by atoms with Gasteiger partial charge in [-0.3, -0.25) is 19.4 Å². The fourth-order valence-corrected chi connectivity index (χ4v) is 6.54. The molecule has 0 spiro atoms. The highest BCUT2D eigenvalue weighted by Gasteiger charge is 2.30. The largest absolute Gasteiger partial charge is 0.444 e. The number of amides is 4. The van der Waals surface area contributed by atoms with Crippen LogP contribution in [-0.2, 0) is 31.7 Å². The molecule has 4 aromatic rings. The second-order valence-corrected chi connectivity index (χ2v) is 16.5. The number of anilines is 2. The molecule has 0 saturated heterocycles. The average Bonchev–Trinajstić information content (AvgIpc) is 3.30. The van der Waals surface area contributed by atoms with Gasteiger partial charge in [0.1, 0.15) is 5.60 Å². The van der Waals surface area contributed by atoms with Gasteiger partial charge in [0.25, 0.3) is 17.7 Å². The first-order valence-electron chi connectivity index (χ1n) is 22.2. The van der Waals surface area contributed by atoms with Gasteiger partial charge in [-0.25, -0.2) is 4.79 Å². The summed E-state index contributed by atoms with van der Waals surface area (Å²) in [4.78, 5) is 62.5. The van der Waals surface area contributed by atoms with Crippen LogP contribution in [0.4, 0.5) is 29.3 Å². The molecule has 4 rings (SSSR count). The molecule has 4 amide bonds. The Morgan fingerprint density at radius 3 is 2.03 bits per heavy atom. The maximum atomic E-state index is 13.8. The van der Waals surface area contributed by atoms with E-state index >= 15 is 0 Å². The topological polar surface area (TPSA) is 164 Å². The Balaban J connectivity index is 1.27. The molecule has 67 heavy (non-hydrogen) atoms. The number of alkyl carbamates (subject to hydrolysis) is 1. The van der Waals surface area contributed by atoms with Crippen LogP contribution in [0.1, 0.15) is 76.8 Å². The number of alkyl halides is 3. The van der Waals surface area contributed by atoms with Crippen LogP contribution in [0.2, 0.25) is 0 Å². The molecule has 1 heterocycles. The average molecular weight is 936 g/mol. The van der Waals surface area contributed by atoms with Crippen molar-refractivity contribution < 1.29 is 51.3 Å². The summed E-state index contributed by atoms with van der Waals surface area (Å²) in [5, 5.41) is 8.28. The van der Waals surface area contributed by atoms with Gasteiger partial charge in [0, 0.05) is 87.0 Å². The normalized spacial score (nSPS) is 11.6. The molecule has 364 valence electrons. The van der Waals surface area contributed by atoms with Crippen LogP contribution in [0.3, 0.4) is 0 Å². The highest BCUT2D eigenvalue weighted by molar-refractivity contribution is 6.08. The zero-order chi connectivity index (χ0) is 49.0. The highest BCUT2D eigenvalue weighted by atomic mass is 19.4. The molecule has 0 radical (unpaired) electrons. The molecule has 0 saturated carbocycles. The predicted octanol–water partition coefficient (Wildman–Crippen LogP) is 7.37. The molecule has 0 fully saturated rings. The van der Waals surface area contributed by atoms with Gasteiger partial charge in [-0.2, -0.15) is 13.2 Å². The van der Waals surface area contributed by atoms with Crippen LogP contribution < -0.4 is 20.9 Å². The molecule has 3 aromatic carbocycles. The van der Waals surface area contributed by atoms with Crippen molar-refractivity contribution in [1.82, 2.24) is 25.4 Å². The highest BCUT2D eigenvalue weighted by Crippen LogP contribution is 2.33. The molecule has 0 bridgehead atoms. The summed E-state index contributed by atoms with van der Waals surface area (Å²) in [7, 11) is 3.64. The Kier molecular flexibility index (Phi) is 21.0. The molecule has 0 aliphatic carbocycles. The molecule has 0 atom stereocenters. The minimum atomic E-state index is -4.51. The Hall–Kier alpha value is -6.08. The number of benzene rings is 3. The third kappa shape index (κ3) is 18.3. The van der Waals surface area contributed by atoms with Crippen molar-refractivity contribution in [1.29, 1.82) is 0 Å². The molecule has 15 nitrogen and oxygen atoms in total. The van der Waals surface area contributed by atoms with Gasteiger partial charge >= 0.3 is 12.3 Å². The molecule has 3 N–H and O–H groups in total. The first-order chi connectivity index (χ1) is 31.9. The zero-order valence-corrected chi connectivity index (χ0v) is 39.5. The molecule has 0 aliphatic rings. The van der Waals surface area contributed by atoms with Crippen molar-refractivity contribution >= 4 is 35.2 Å². The number of likely N-dealkylation sites (N-methyl/N-ethyl adjacent to an activating group) is 2. The van der Waals surface area contributed by atoms with Gasteiger partial charge in [-0.05, 0) is 108 Å². The van der Waals surface area contributed by atoms with E-state index in [1.807, 2.05) is 33.0 Å². The minimum Gasteiger partial charge on any atom is -0.444 e. The van der Waals surface area contributed by atoms with Crippen molar-refractivity contribution in [2.45, 2.75) is 52.9 Å². The minimum absolute atomic E-state index is 0.124. The van der Waals surface area contributed by atoms with E-state index in [0.717, 1.165) is 17.8 Å². The summed E-state index contributed by atoms with van der Waals surface area (Å²) < 4.78 is 61.6. The van der Waals surface area contributed by atoms with E-state index < -0.39 is 35.2 Å². The lowest BCUT2D eigenvalue weighted by Crippen LogP contribution is -2.36. The lowest BCUT2D eigenvalue weighted by Gasteiger charge is -2.23. The first kappa shape index (κ1) is 53.5. The number of rotatable bonds is 25. The van der Waals surface area contributed by atoms with Gasteiger partial charge in [0.2, 0.25) is 0 Å². The van der Waals surface area contributed by atoms with Crippen molar-refractivity contribution in [3.8, 4) is 11.3 Å². The number of nitrogens with one attached hydrogen (secondary N) is 3. The van der Waals surface area contributed by atoms with E-state index in [-0.39, 0.29) is 23.6 Å². The number of halogens is 3. The van der Waals surface area contributed by atoms with Gasteiger partial charge in [-0.1, -0.05) is 18.2 Å². The molecule has 18 heteroatoms. The van der Waals surface area contributed by atoms with Gasteiger partial charge in [0.15, 0.2) is 0 Å². The van der Waals surface area contributed by atoms with Crippen molar-refractivity contribution in [3.63, 3.8) is 0 Å². The number of hydrogen-bond acceptors (Lipinski definition) is 11. The molecular weight excluding hydrogens is 872 g/mol. The van der Waals surface area contributed by atoms with Gasteiger partial charge in [0.05, 0.1) is 56.6 Å². The van der Waals surface area contributed by atoms with Crippen LogP contribution in [0.5, 0.6) is 0 Å². The smallest absolute Gasteiger partial charge is 0.416 e. The summed E-state index contributed by atoms with van der Waals surface area (Å²) >= 11 is 0. The lowest BCUT2D eigenvalue weighted by atomic mass is 10.0. The standard InChI is InChI=1S/C49H64F3N7O8/c1-8-59(9-2)40-16-17-42(41(33-40)43-32-37(18-19-53-43)44(60)55-34-35-12-10-15-39(30-35)49(50,51)52)56-45(61)36-13-11-14-38(31-36)46(62)58(7)22-21-57(6)23-25-65-27-29-66-28-26-64-24-20-54-47(63)67-48(3,4)5/h10-19,30-33H,8-9,20-29,34H2,1-7H3,(H,54,63)(H,55,60)(H,56,61). The Morgan fingerprint density at radius 1 is 0.687 bits per heavy atom. The number of carbonyl (C=O) groups excluding carboxylic acids is 4. The van der Waals surface area contributed by atoms with E-state index in [0.29, 0.717) is 107 Å². The number of pyridine rings is 1. The van der Waals surface area contributed by atoms with E-state index in [4.69, 9.17) is 18.9 Å². The molecular formula is C49H64F3N7O8. The maximum Gasteiger partial charge on any atom is 0.416 e. The van der Waals surface area contributed by atoms with E-state index in [9.17, 15) is 32.3 Å².